The van der Waals surface area contributed by atoms with Crippen molar-refractivity contribution < 1.29 is 0 Å². The second kappa shape index (κ2) is 3.74. The zero-order valence-corrected chi connectivity index (χ0v) is 10.3. The molecule has 2 rings (SSSR count). The largest absolute Gasteiger partial charge is 0.320 e. The second-order valence-electron chi connectivity index (χ2n) is 3.90. The van der Waals surface area contributed by atoms with Crippen LogP contribution in [0.1, 0.15) is 25.3 Å². The molecule has 0 radical (unpaired) electrons. The van der Waals surface area contributed by atoms with Crippen molar-refractivity contribution in [1.82, 2.24) is 4.98 Å². The van der Waals surface area contributed by atoms with Gasteiger partial charge in [0.05, 0.1) is 15.8 Å². The van der Waals surface area contributed by atoms with Crippen LogP contribution in [0.5, 0.6) is 0 Å². The number of aromatic nitrogens is 1. The van der Waals surface area contributed by atoms with Crippen molar-refractivity contribution in [3.63, 3.8) is 0 Å². The highest BCUT2D eigenvalue weighted by Crippen LogP contribution is 2.31. The molecule has 4 heteroatoms. The molecule has 0 fully saturated rings. The third-order valence-electron chi connectivity index (χ3n) is 2.57. The predicted molar refractivity (Wildman–Crippen MR) is 66.5 cm³/mol. The fourth-order valence-electron chi connectivity index (χ4n) is 1.29. The molecule has 2 aromatic rings. The number of rotatable bonds is 2. The van der Waals surface area contributed by atoms with Crippen LogP contribution in [0.2, 0.25) is 5.02 Å². The summed E-state index contributed by atoms with van der Waals surface area (Å²) in [5, 5.41) is 1.72. The lowest BCUT2D eigenvalue weighted by Gasteiger charge is -2.18. The highest BCUT2D eigenvalue weighted by atomic mass is 35.5. The Morgan fingerprint density at radius 1 is 1.53 bits per heavy atom. The number of nitrogens with two attached hydrogens (primary N) is 1. The summed E-state index contributed by atoms with van der Waals surface area (Å²) in [4.78, 5) is 4.53. The maximum atomic E-state index is 6.15. The van der Waals surface area contributed by atoms with Crippen LogP contribution in [-0.4, -0.2) is 4.98 Å². The molecule has 2 nitrogen and oxygen atoms in total. The molecule has 1 atom stereocenters. The zero-order valence-electron chi connectivity index (χ0n) is 8.75. The maximum Gasteiger partial charge on any atom is 0.113 e. The SMILES string of the molecule is CCC(C)(N)c1nc2ccc(Cl)cc2s1. The van der Waals surface area contributed by atoms with Gasteiger partial charge in [0.15, 0.2) is 0 Å². The third kappa shape index (κ3) is 2.00. The molecule has 1 aromatic carbocycles. The molecule has 1 heterocycles. The molecule has 0 aliphatic carbocycles. The minimum absolute atomic E-state index is 0.337. The monoisotopic (exact) mass is 240 g/mol. The summed E-state index contributed by atoms with van der Waals surface area (Å²) in [6.07, 6.45) is 0.876. The van der Waals surface area contributed by atoms with E-state index in [2.05, 4.69) is 11.9 Å². The minimum atomic E-state index is -0.337. The first kappa shape index (κ1) is 10.9. The molecule has 1 unspecified atom stereocenters. The standard InChI is InChI=1S/C11H13ClN2S/c1-3-11(2,13)10-14-8-5-4-7(12)6-9(8)15-10/h4-6H,3,13H2,1-2H3. The molecule has 2 N–H and O–H groups in total. The van der Waals surface area contributed by atoms with E-state index in [1.54, 1.807) is 11.3 Å². The van der Waals surface area contributed by atoms with Gasteiger partial charge in [0, 0.05) is 5.02 Å². The van der Waals surface area contributed by atoms with E-state index in [1.807, 2.05) is 25.1 Å². The molecule has 0 saturated carbocycles. The quantitative estimate of drug-likeness (QED) is 0.872. The Hall–Kier alpha value is -0.640. The van der Waals surface area contributed by atoms with E-state index in [9.17, 15) is 0 Å². The van der Waals surface area contributed by atoms with Crippen LogP contribution in [0.15, 0.2) is 18.2 Å². The van der Waals surface area contributed by atoms with Gasteiger partial charge in [-0.15, -0.1) is 11.3 Å². The topological polar surface area (TPSA) is 38.9 Å². The normalized spacial score (nSPS) is 15.5. The van der Waals surface area contributed by atoms with Crippen LogP contribution in [0.4, 0.5) is 0 Å². The Kier molecular flexibility index (Phi) is 2.71. The Balaban J connectivity index is 2.56. The van der Waals surface area contributed by atoms with E-state index in [4.69, 9.17) is 17.3 Å². The summed E-state index contributed by atoms with van der Waals surface area (Å²) in [5.74, 6) is 0. The second-order valence-corrected chi connectivity index (χ2v) is 5.37. The Labute approximate surface area is 98.1 Å². The van der Waals surface area contributed by atoms with Gasteiger partial charge >= 0.3 is 0 Å². The lowest BCUT2D eigenvalue weighted by Crippen LogP contribution is -2.31. The molecule has 80 valence electrons. The molecular weight excluding hydrogens is 228 g/mol. The number of nitrogens with zero attached hydrogens (tertiary/aromatic N) is 1. The average Bonchev–Trinajstić information content (AvgIpc) is 2.61. The van der Waals surface area contributed by atoms with Gasteiger partial charge in [0.1, 0.15) is 5.01 Å². The lowest BCUT2D eigenvalue weighted by molar-refractivity contribution is 0.474. The van der Waals surface area contributed by atoms with Crippen LogP contribution in [0, 0.1) is 0 Å². The van der Waals surface area contributed by atoms with Crippen LogP contribution < -0.4 is 5.73 Å². The van der Waals surface area contributed by atoms with Crippen molar-refractivity contribution in [1.29, 1.82) is 0 Å². The molecule has 0 aliphatic heterocycles. The van der Waals surface area contributed by atoms with Crippen molar-refractivity contribution in [3.05, 3.63) is 28.2 Å². The molecule has 0 amide bonds. The fraction of sp³-hybridized carbons (Fsp3) is 0.364. The van der Waals surface area contributed by atoms with Crippen molar-refractivity contribution in [2.75, 3.05) is 0 Å². The molecule has 15 heavy (non-hydrogen) atoms. The molecular formula is C11H13ClN2S. The molecule has 0 aliphatic rings. The van der Waals surface area contributed by atoms with E-state index in [0.29, 0.717) is 0 Å². The van der Waals surface area contributed by atoms with Crippen molar-refractivity contribution in [3.8, 4) is 0 Å². The smallest absolute Gasteiger partial charge is 0.113 e. The summed E-state index contributed by atoms with van der Waals surface area (Å²) in [6, 6.07) is 5.72. The molecule has 0 spiro atoms. The van der Waals surface area contributed by atoms with Gasteiger partial charge in [0.25, 0.3) is 0 Å². The number of hydrogen-bond donors (Lipinski definition) is 1. The maximum absolute atomic E-state index is 6.15. The Bertz CT molecular complexity index is 490. The molecule has 0 saturated heterocycles. The zero-order chi connectivity index (χ0) is 11.1. The highest BCUT2D eigenvalue weighted by molar-refractivity contribution is 7.18. The van der Waals surface area contributed by atoms with Crippen molar-refractivity contribution in [2.45, 2.75) is 25.8 Å². The number of benzene rings is 1. The van der Waals surface area contributed by atoms with Crippen LogP contribution in [0.3, 0.4) is 0 Å². The molecule has 0 bridgehead atoms. The van der Waals surface area contributed by atoms with Gasteiger partial charge in [-0.1, -0.05) is 18.5 Å². The summed E-state index contributed by atoms with van der Waals surface area (Å²) in [5.41, 5.74) is 6.79. The lowest BCUT2D eigenvalue weighted by atomic mass is 10.0. The predicted octanol–water partition coefficient (Wildman–Crippen LogP) is 3.53. The van der Waals surface area contributed by atoms with Crippen LogP contribution in [-0.2, 0) is 5.54 Å². The van der Waals surface area contributed by atoms with Crippen LogP contribution in [0.25, 0.3) is 10.2 Å². The number of fused-ring (bicyclic) bond motifs is 1. The van der Waals surface area contributed by atoms with E-state index in [0.717, 1.165) is 26.7 Å². The van der Waals surface area contributed by atoms with Crippen molar-refractivity contribution in [2.24, 2.45) is 5.73 Å². The summed E-state index contributed by atoms with van der Waals surface area (Å²) < 4.78 is 1.10. The van der Waals surface area contributed by atoms with Crippen molar-refractivity contribution >= 4 is 33.2 Å². The highest BCUT2D eigenvalue weighted by Gasteiger charge is 2.22. The summed E-state index contributed by atoms with van der Waals surface area (Å²) in [6.45, 7) is 4.07. The number of thiazole rings is 1. The summed E-state index contributed by atoms with van der Waals surface area (Å²) >= 11 is 7.55. The van der Waals surface area contributed by atoms with E-state index >= 15 is 0 Å². The van der Waals surface area contributed by atoms with Gasteiger partial charge in [-0.3, -0.25) is 0 Å². The Morgan fingerprint density at radius 3 is 2.93 bits per heavy atom. The first-order valence-electron chi connectivity index (χ1n) is 4.88. The van der Waals surface area contributed by atoms with E-state index in [1.165, 1.54) is 0 Å². The molecule has 1 aromatic heterocycles. The third-order valence-corrected chi connectivity index (χ3v) is 4.11. The van der Waals surface area contributed by atoms with E-state index < -0.39 is 0 Å². The van der Waals surface area contributed by atoms with Gasteiger partial charge in [0.2, 0.25) is 0 Å². The summed E-state index contributed by atoms with van der Waals surface area (Å²) in [7, 11) is 0. The van der Waals surface area contributed by atoms with Gasteiger partial charge in [-0.25, -0.2) is 4.98 Å². The first-order chi connectivity index (χ1) is 7.03. The number of hydrogen-bond acceptors (Lipinski definition) is 3. The van der Waals surface area contributed by atoms with E-state index in [-0.39, 0.29) is 5.54 Å². The number of halogens is 1. The fourth-order valence-corrected chi connectivity index (χ4v) is 2.66. The van der Waals surface area contributed by atoms with Gasteiger partial charge in [-0.2, -0.15) is 0 Å². The Morgan fingerprint density at radius 2 is 2.27 bits per heavy atom. The first-order valence-corrected chi connectivity index (χ1v) is 6.08. The van der Waals surface area contributed by atoms with Crippen LogP contribution >= 0.6 is 22.9 Å². The minimum Gasteiger partial charge on any atom is -0.320 e. The van der Waals surface area contributed by atoms with Gasteiger partial charge in [-0.05, 0) is 31.5 Å². The average molecular weight is 241 g/mol. The van der Waals surface area contributed by atoms with Gasteiger partial charge < -0.3 is 5.73 Å².